The maximum atomic E-state index is 13.0. The number of piperidine rings is 1. The highest BCUT2D eigenvalue weighted by Gasteiger charge is 2.50. The Hall–Kier alpha value is -0.420. The minimum atomic E-state index is -1.35. The molecule has 2 aliphatic rings. The number of thioether (sulfide) groups is 1. The van der Waals surface area contributed by atoms with E-state index in [1.165, 1.54) is 18.7 Å². The van der Waals surface area contributed by atoms with E-state index in [0.29, 0.717) is 12.5 Å². The summed E-state index contributed by atoms with van der Waals surface area (Å²) in [6, 6.07) is -0.490. The highest BCUT2D eigenvalue weighted by molar-refractivity contribution is 7.99. The number of ether oxygens (including phenoxy) is 1. The molecule has 2 aliphatic heterocycles. The van der Waals surface area contributed by atoms with Gasteiger partial charge in [-0.1, -0.05) is 33.6 Å². The normalized spacial score (nSPS) is 35.9. The minimum Gasteiger partial charge on any atom is -0.395 e. The molecule has 0 bridgehead atoms. The van der Waals surface area contributed by atoms with Crippen LogP contribution in [0.15, 0.2) is 0 Å². The molecule has 1 amide bonds. The Bertz CT molecular complexity index is 566. The number of β-amino-alcohol motifs (C(OH)–C–C–N with tert-alkyl or cyclic N) is 1. The van der Waals surface area contributed by atoms with E-state index < -0.39 is 35.9 Å². The van der Waals surface area contributed by atoms with Crippen molar-refractivity contribution in [2.75, 3.05) is 26.0 Å². The minimum absolute atomic E-state index is 0.00897. The third-order valence-electron chi connectivity index (χ3n) is 6.74. The second kappa shape index (κ2) is 12.2. The molecule has 9 heteroatoms. The van der Waals surface area contributed by atoms with Gasteiger partial charge in [0, 0.05) is 20.0 Å². The van der Waals surface area contributed by atoms with Crippen LogP contribution < -0.4 is 0 Å². The molecule has 4 N–H and O–H groups in total. The van der Waals surface area contributed by atoms with Crippen molar-refractivity contribution >= 4 is 17.7 Å². The zero-order valence-corrected chi connectivity index (χ0v) is 20.4. The zero-order valence-electron chi connectivity index (χ0n) is 19.6. The van der Waals surface area contributed by atoms with Crippen molar-refractivity contribution in [3.8, 4) is 0 Å². The Morgan fingerprint density at radius 1 is 1.23 bits per heavy atom. The Balaban J connectivity index is 2.42. The van der Waals surface area contributed by atoms with E-state index in [4.69, 9.17) is 4.74 Å². The molecule has 2 heterocycles. The molecule has 0 aromatic rings. The Labute approximate surface area is 190 Å². The lowest BCUT2D eigenvalue weighted by Gasteiger charge is -2.52. The number of hydrogen-bond acceptors (Lipinski definition) is 8. The number of carbonyl (C=O) groups is 1. The van der Waals surface area contributed by atoms with Gasteiger partial charge in [-0.3, -0.25) is 9.69 Å². The molecule has 2 rings (SSSR count). The number of aliphatic hydroxyl groups excluding tert-OH is 4. The van der Waals surface area contributed by atoms with E-state index in [-0.39, 0.29) is 24.6 Å². The Morgan fingerprint density at radius 2 is 1.90 bits per heavy atom. The first-order valence-electron chi connectivity index (χ1n) is 11.5. The SMILES string of the molecule is CCCC1CCN(CCO)C(N(C(C)=O)C(C(C)C)C2OC(SC)C(O)C(O)C2O)C1. The number of likely N-dealkylation sites (tertiary alicyclic amines) is 1. The zero-order chi connectivity index (χ0) is 23.3. The van der Waals surface area contributed by atoms with E-state index in [0.717, 1.165) is 32.2 Å². The third kappa shape index (κ3) is 6.13. The van der Waals surface area contributed by atoms with Gasteiger partial charge >= 0.3 is 0 Å². The summed E-state index contributed by atoms with van der Waals surface area (Å²) < 4.78 is 6.09. The molecule has 8 unspecified atom stereocenters. The molecule has 0 aliphatic carbocycles. The molecule has 2 saturated heterocycles. The Morgan fingerprint density at radius 3 is 2.42 bits per heavy atom. The smallest absolute Gasteiger partial charge is 0.221 e. The molecule has 0 saturated carbocycles. The largest absolute Gasteiger partial charge is 0.395 e. The van der Waals surface area contributed by atoms with Crippen LogP contribution in [-0.4, -0.2) is 104 Å². The molecular formula is C22H42N2O6S. The average molecular weight is 463 g/mol. The molecule has 182 valence electrons. The van der Waals surface area contributed by atoms with Gasteiger partial charge in [0.2, 0.25) is 5.91 Å². The van der Waals surface area contributed by atoms with E-state index in [1.807, 2.05) is 13.8 Å². The van der Waals surface area contributed by atoms with E-state index in [9.17, 15) is 25.2 Å². The monoisotopic (exact) mass is 462 g/mol. The highest BCUT2D eigenvalue weighted by atomic mass is 32.2. The highest BCUT2D eigenvalue weighted by Crippen LogP contribution is 2.36. The van der Waals surface area contributed by atoms with Gasteiger partial charge in [0.25, 0.3) is 0 Å². The van der Waals surface area contributed by atoms with Gasteiger partial charge in [-0.25, -0.2) is 0 Å². The Kier molecular flexibility index (Phi) is 10.5. The fourth-order valence-electron chi connectivity index (χ4n) is 5.24. The molecule has 2 fully saturated rings. The van der Waals surface area contributed by atoms with Gasteiger partial charge in [0.1, 0.15) is 29.9 Å². The van der Waals surface area contributed by atoms with Crippen molar-refractivity contribution in [3.05, 3.63) is 0 Å². The summed E-state index contributed by atoms with van der Waals surface area (Å²) in [4.78, 5) is 17.0. The first-order valence-corrected chi connectivity index (χ1v) is 12.8. The predicted molar refractivity (Wildman–Crippen MR) is 121 cm³/mol. The summed E-state index contributed by atoms with van der Waals surface area (Å²) in [6.07, 6.45) is 0.876. The lowest BCUT2D eigenvalue weighted by Crippen LogP contribution is -2.67. The second-order valence-corrected chi connectivity index (χ2v) is 10.2. The van der Waals surface area contributed by atoms with Crippen LogP contribution in [-0.2, 0) is 9.53 Å². The quantitative estimate of drug-likeness (QED) is 0.399. The number of nitrogens with zero attached hydrogens (tertiary/aromatic N) is 2. The topological polar surface area (TPSA) is 114 Å². The van der Waals surface area contributed by atoms with Gasteiger partial charge in [-0.05, 0) is 30.9 Å². The summed E-state index contributed by atoms with van der Waals surface area (Å²) in [6.45, 7) is 8.93. The maximum Gasteiger partial charge on any atom is 0.221 e. The summed E-state index contributed by atoms with van der Waals surface area (Å²) in [5, 5.41) is 41.2. The van der Waals surface area contributed by atoms with Crippen LogP contribution in [0.2, 0.25) is 0 Å². The molecule has 0 radical (unpaired) electrons. The summed E-state index contributed by atoms with van der Waals surface area (Å²) >= 11 is 1.27. The fraction of sp³-hybridized carbons (Fsp3) is 0.955. The van der Waals surface area contributed by atoms with Crippen molar-refractivity contribution in [2.24, 2.45) is 11.8 Å². The first kappa shape index (κ1) is 26.8. The van der Waals surface area contributed by atoms with Crippen LogP contribution >= 0.6 is 11.8 Å². The van der Waals surface area contributed by atoms with Crippen LogP contribution in [0.25, 0.3) is 0 Å². The third-order valence-corrected chi connectivity index (χ3v) is 7.59. The number of carbonyl (C=O) groups excluding carboxylic acids is 1. The van der Waals surface area contributed by atoms with Gasteiger partial charge in [0.05, 0.1) is 18.8 Å². The van der Waals surface area contributed by atoms with E-state index >= 15 is 0 Å². The molecule has 0 aromatic carbocycles. The van der Waals surface area contributed by atoms with Gasteiger partial charge in [-0.15, -0.1) is 11.8 Å². The van der Waals surface area contributed by atoms with Crippen LogP contribution in [0.3, 0.4) is 0 Å². The molecule has 0 aromatic heterocycles. The number of amides is 1. The summed E-state index contributed by atoms with van der Waals surface area (Å²) in [5.41, 5.74) is -0.689. The molecular weight excluding hydrogens is 420 g/mol. The van der Waals surface area contributed by atoms with Gasteiger partial charge < -0.3 is 30.1 Å². The molecule has 31 heavy (non-hydrogen) atoms. The van der Waals surface area contributed by atoms with Crippen LogP contribution in [0.5, 0.6) is 0 Å². The van der Waals surface area contributed by atoms with Gasteiger partial charge in [0.15, 0.2) is 0 Å². The number of hydrogen-bond donors (Lipinski definition) is 4. The van der Waals surface area contributed by atoms with Crippen molar-refractivity contribution in [2.45, 2.75) is 95.4 Å². The molecule has 8 nitrogen and oxygen atoms in total. The fourth-order valence-corrected chi connectivity index (χ4v) is 5.92. The molecule has 8 atom stereocenters. The van der Waals surface area contributed by atoms with Crippen LogP contribution in [0.4, 0.5) is 0 Å². The average Bonchev–Trinajstić information content (AvgIpc) is 2.72. The van der Waals surface area contributed by atoms with Crippen molar-refractivity contribution in [1.29, 1.82) is 0 Å². The van der Waals surface area contributed by atoms with Gasteiger partial charge in [-0.2, -0.15) is 0 Å². The standard InChI is InChI=1S/C22H42N2O6S/c1-6-7-15-8-9-23(10-11-25)16(12-15)24(14(4)26)17(13(2)3)21-19(28)18(27)20(29)22(30-21)31-5/h13,15-22,25,27-29H,6-12H2,1-5H3. The summed E-state index contributed by atoms with van der Waals surface area (Å²) in [5.74, 6) is 0.306. The second-order valence-electron chi connectivity index (χ2n) is 9.26. The maximum absolute atomic E-state index is 13.0. The summed E-state index contributed by atoms with van der Waals surface area (Å²) in [7, 11) is 0. The van der Waals surface area contributed by atoms with Crippen molar-refractivity contribution < 1.29 is 30.0 Å². The van der Waals surface area contributed by atoms with E-state index in [2.05, 4.69) is 11.8 Å². The van der Waals surface area contributed by atoms with Crippen molar-refractivity contribution in [1.82, 2.24) is 9.80 Å². The van der Waals surface area contributed by atoms with Crippen LogP contribution in [0.1, 0.15) is 53.4 Å². The van der Waals surface area contributed by atoms with E-state index in [1.54, 1.807) is 11.2 Å². The lowest BCUT2D eigenvalue weighted by molar-refractivity contribution is -0.224. The van der Waals surface area contributed by atoms with Crippen molar-refractivity contribution in [3.63, 3.8) is 0 Å². The number of rotatable bonds is 9. The first-order chi connectivity index (χ1) is 14.7. The van der Waals surface area contributed by atoms with Crippen LogP contribution in [0, 0.1) is 11.8 Å². The predicted octanol–water partition coefficient (Wildman–Crippen LogP) is 0.861. The molecule has 0 spiro atoms. The number of aliphatic hydroxyl groups is 4. The lowest BCUT2D eigenvalue weighted by atomic mass is 9.85.